The molecular formula is C23H31N5O2. The van der Waals surface area contributed by atoms with E-state index in [2.05, 4.69) is 47.8 Å². The number of benzene rings is 1. The third-order valence-corrected chi connectivity index (χ3v) is 4.61. The van der Waals surface area contributed by atoms with Gasteiger partial charge < -0.3 is 24.5 Å². The van der Waals surface area contributed by atoms with Crippen LogP contribution in [-0.2, 0) is 17.7 Å². The first-order valence-electron chi connectivity index (χ1n) is 10.4. The van der Waals surface area contributed by atoms with E-state index in [1.807, 2.05) is 34.9 Å². The molecule has 0 radical (unpaired) electrons. The van der Waals surface area contributed by atoms with Crippen molar-refractivity contribution in [1.29, 1.82) is 0 Å². The zero-order chi connectivity index (χ0) is 21.2. The van der Waals surface area contributed by atoms with Gasteiger partial charge in [0, 0.05) is 44.6 Å². The Hall–Kier alpha value is -3.06. The molecule has 3 rings (SSSR count). The topological polar surface area (TPSA) is 72.2 Å². The lowest BCUT2D eigenvalue weighted by Crippen LogP contribution is -2.38. The van der Waals surface area contributed by atoms with Crippen molar-refractivity contribution in [3.8, 4) is 5.75 Å². The highest BCUT2D eigenvalue weighted by Gasteiger charge is 2.06. The van der Waals surface area contributed by atoms with Crippen molar-refractivity contribution in [3.63, 3.8) is 0 Å². The third kappa shape index (κ3) is 6.22. The van der Waals surface area contributed by atoms with Crippen LogP contribution in [0.4, 0.5) is 0 Å². The molecule has 3 aromatic rings. The van der Waals surface area contributed by atoms with Crippen molar-refractivity contribution >= 4 is 11.6 Å². The number of guanidine groups is 1. The summed E-state index contributed by atoms with van der Waals surface area (Å²) in [7, 11) is 1.67. The van der Waals surface area contributed by atoms with Crippen molar-refractivity contribution in [2.45, 2.75) is 26.8 Å². The second-order valence-electron chi connectivity index (χ2n) is 7.02. The van der Waals surface area contributed by atoms with Gasteiger partial charge in [-0.15, -0.1) is 0 Å². The smallest absolute Gasteiger partial charge is 0.191 e. The highest BCUT2D eigenvalue weighted by molar-refractivity contribution is 5.79. The number of rotatable bonds is 10. The third-order valence-electron chi connectivity index (χ3n) is 4.61. The maximum atomic E-state index is 5.87. The predicted molar refractivity (Wildman–Crippen MR) is 120 cm³/mol. The van der Waals surface area contributed by atoms with Gasteiger partial charge in [-0.3, -0.25) is 0 Å². The van der Waals surface area contributed by atoms with E-state index in [4.69, 9.17) is 14.5 Å². The van der Waals surface area contributed by atoms with E-state index < -0.39 is 0 Å². The molecule has 0 unspecified atom stereocenters. The van der Waals surface area contributed by atoms with E-state index in [9.17, 15) is 0 Å². The lowest BCUT2D eigenvalue weighted by molar-refractivity contribution is 0.145. The highest BCUT2D eigenvalue weighted by Crippen LogP contribution is 2.21. The van der Waals surface area contributed by atoms with Crippen molar-refractivity contribution in [3.05, 3.63) is 65.6 Å². The van der Waals surface area contributed by atoms with Gasteiger partial charge in [0.1, 0.15) is 18.0 Å². The molecule has 2 heterocycles. The van der Waals surface area contributed by atoms with Crippen molar-refractivity contribution < 1.29 is 9.47 Å². The Morgan fingerprint density at radius 1 is 1.17 bits per heavy atom. The molecule has 0 aliphatic rings. The van der Waals surface area contributed by atoms with Gasteiger partial charge in [-0.25, -0.2) is 9.98 Å². The van der Waals surface area contributed by atoms with Gasteiger partial charge in [0.2, 0.25) is 0 Å². The molecule has 0 spiro atoms. The summed E-state index contributed by atoms with van der Waals surface area (Å²) in [4.78, 5) is 9.37. The van der Waals surface area contributed by atoms with Crippen LogP contribution in [0.3, 0.4) is 0 Å². The predicted octanol–water partition coefficient (Wildman–Crippen LogP) is 2.97. The lowest BCUT2D eigenvalue weighted by Gasteiger charge is -2.13. The van der Waals surface area contributed by atoms with E-state index in [0.717, 1.165) is 53.7 Å². The monoisotopic (exact) mass is 409 g/mol. The number of imidazole rings is 1. The Morgan fingerprint density at radius 2 is 2.07 bits per heavy atom. The molecule has 0 saturated carbocycles. The number of aliphatic imine (C=N–C) groups is 1. The SMILES string of the molecule is CCNC(=NCc1ccc(C)cc1OCCOC)NCCc1cn2ccccc2n1. The molecule has 0 aliphatic heterocycles. The van der Waals surface area contributed by atoms with Crippen LogP contribution in [0.25, 0.3) is 5.65 Å². The molecule has 1 aromatic carbocycles. The summed E-state index contributed by atoms with van der Waals surface area (Å²) < 4.78 is 13.0. The minimum Gasteiger partial charge on any atom is -0.491 e. The van der Waals surface area contributed by atoms with Crippen molar-refractivity contribution in [1.82, 2.24) is 20.0 Å². The summed E-state index contributed by atoms with van der Waals surface area (Å²) in [5, 5.41) is 6.70. The van der Waals surface area contributed by atoms with Crippen LogP contribution in [0.5, 0.6) is 5.75 Å². The van der Waals surface area contributed by atoms with E-state index >= 15 is 0 Å². The molecule has 0 amide bonds. The van der Waals surface area contributed by atoms with Gasteiger partial charge in [0.25, 0.3) is 0 Å². The molecule has 0 bridgehead atoms. The van der Waals surface area contributed by atoms with Crippen LogP contribution in [-0.4, -0.2) is 48.8 Å². The number of aromatic nitrogens is 2. The molecule has 2 N–H and O–H groups in total. The summed E-state index contributed by atoms with van der Waals surface area (Å²) in [6.45, 7) is 7.28. The number of hydrogen-bond acceptors (Lipinski definition) is 4. The van der Waals surface area contributed by atoms with E-state index in [0.29, 0.717) is 19.8 Å². The van der Waals surface area contributed by atoms with Crippen molar-refractivity contribution in [2.24, 2.45) is 4.99 Å². The van der Waals surface area contributed by atoms with Crippen LogP contribution >= 0.6 is 0 Å². The van der Waals surface area contributed by atoms with Gasteiger partial charge in [0.05, 0.1) is 18.8 Å². The Bertz CT molecular complexity index is 934. The molecule has 2 aromatic heterocycles. The van der Waals surface area contributed by atoms with Gasteiger partial charge in [-0.2, -0.15) is 0 Å². The Kier molecular flexibility index (Phi) is 8.09. The molecule has 0 fully saturated rings. The average Bonchev–Trinajstić information content (AvgIpc) is 3.16. The minimum absolute atomic E-state index is 0.522. The van der Waals surface area contributed by atoms with Crippen LogP contribution in [0.2, 0.25) is 0 Å². The number of hydrogen-bond donors (Lipinski definition) is 2. The van der Waals surface area contributed by atoms with E-state index in [-0.39, 0.29) is 0 Å². The van der Waals surface area contributed by atoms with Gasteiger partial charge in [-0.05, 0) is 37.6 Å². The zero-order valence-electron chi connectivity index (χ0n) is 18.0. The van der Waals surface area contributed by atoms with Crippen LogP contribution in [0.15, 0.2) is 53.8 Å². The van der Waals surface area contributed by atoms with Crippen LogP contribution < -0.4 is 15.4 Å². The quantitative estimate of drug-likeness (QED) is 0.306. The molecule has 0 atom stereocenters. The second-order valence-corrected chi connectivity index (χ2v) is 7.02. The fourth-order valence-electron chi connectivity index (χ4n) is 3.08. The number of aryl methyl sites for hydroxylation is 1. The van der Waals surface area contributed by atoms with Crippen molar-refractivity contribution in [2.75, 3.05) is 33.4 Å². The molecular weight excluding hydrogens is 378 g/mol. The summed E-state index contributed by atoms with van der Waals surface area (Å²) in [6, 6.07) is 12.2. The second kappa shape index (κ2) is 11.2. The summed E-state index contributed by atoms with van der Waals surface area (Å²) in [5.74, 6) is 1.64. The Balaban J connectivity index is 1.60. The summed E-state index contributed by atoms with van der Waals surface area (Å²) in [5.41, 5.74) is 4.23. The fraction of sp³-hybridized carbons (Fsp3) is 0.391. The largest absolute Gasteiger partial charge is 0.491 e. The lowest BCUT2D eigenvalue weighted by atomic mass is 10.1. The number of methoxy groups -OCH3 is 1. The number of pyridine rings is 1. The Morgan fingerprint density at radius 3 is 2.87 bits per heavy atom. The maximum absolute atomic E-state index is 5.87. The number of nitrogens with one attached hydrogen (secondary N) is 2. The molecule has 160 valence electrons. The molecule has 7 heteroatoms. The minimum atomic E-state index is 0.522. The molecule has 30 heavy (non-hydrogen) atoms. The first kappa shape index (κ1) is 21.6. The number of ether oxygens (including phenoxy) is 2. The first-order chi connectivity index (χ1) is 14.7. The van der Waals surface area contributed by atoms with Crippen LogP contribution in [0.1, 0.15) is 23.7 Å². The standard InChI is InChI=1S/C23H31N5O2/c1-4-24-23(25-11-10-20-17-28-12-6-5-7-22(28)27-20)26-16-19-9-8-18(2)15-21(19)30-14-13-29-3/h5-9,12,15,17H,4,10-11,13-14,16H2,1-3H3,(H2,24,25,26). The Labute approximate surface area is 178 Å². The first-order valence-corrected chi connectivity index (χ1v) is 10.4. The number of fused-ring (bicyclic) bond motifs is 1. The molecule has 0 saturated heterocycles. The number of nitrogens with zero attached hydrogens (tertiary/aromatic N) is 3. The molecule has 0 aliphatic carbocycles. The maximum Gasteiger partial charge on any atom is 0.191 e. The van der Waals surface area contributed by atoms with Gasteiger partial charge in [0.15, 0.2) is 5.96 Å². The van der Waals surface area contributed by atoms with Gasteiger partial charge in [-0.1, -0.05) is 18.2 Å². The normalized spacial score (nSPS) is 11.6. The van der Waals surface area contributed by atoms with E-state index in [1.54, 1.807) is 7.11 Å². The molecule has 7 nitrogen and oxygen atoms in total. The summed E-state index contributed by atoms with van der Waals surface area (Å²) >= 11 is 0. The summed E-state index contributed by atoms with van der Waals surface area (Å²) in [6.07, 6.45) is 4.90. The zero-order valence-corrected chi connectivity index (χ0v) is 18.0. The highest BCUT2D eigenvalue weighted by atomic mass is 16.5. The van der Waals surface area contributed by atoms with Gasteiger partial charge >= 0.3 is 0 Å². The fourth-order valence-corrected chi connectivity index (χ4v) is 3.08. The average molecular weight is 410 g/mol. The van der Waals surface area contributed by atoms with Crippen LogP contribution in [0, 0.1) is 6.92 Å². The van der Waals surface area contributed by atoms with E-state index in [1.165, 1.54) is 0 Å².